The molecule has 0 amide bonds. The van der Waals surface area contributed by atoms with Gasteiger partial charge in [0.05, 0.1) is 19.7 Å². The number of rotatable bonds is 5. The highest BCUT2D eigenvalue weighted by Gasteiger charge is 2.12. The molecule has 0 fully saturated rings. The maximum absolute atomic E-state index is 11.7. The van der Waals surface area contributed by atoms with Gasteiger partial charge in [-0.1, -0.05) is 17.3 Å². The van der Waals surface area contributed by atoms with E-state index >= 15 is 0 Å². The van der Waals surface area contributed by atoms with Crippen molar-refractivity contribution in [1.29, 1.82) is 0 Å². The fourth-order valence-electron chi connectivity index (χ4n) is 2.08. The van der Waals surface area contributed by atoms with Gasteiger partial charge in [-0.05, 0) is 35.9 Å². The highest BCUT2D eigenvalue weighted by Crippen LogP contribution is 2.31. The zero-order valence-corrected chi connectivity index (χ0v) is 12.5. The zero-order chi connectivity index (χ0) is 16.1. The second-order valence-electron chi connectivity index (χ2n) is 4.84. The first kappa shape index (κ1) is 14.9. The summed E-state index contributed by atoms with van der Waals surface area (Å²) in [5.41, 5.74) is 1.58. The Kier molecular flexibility index (Phi) is 4.42. The van der Waals surface area contributed by atoms with Crippen molar-refractivity contribution in [3.8, 4) is 17.2 Å². The van der Waals surface area contributed by atoms with Crippen molar-refractivity contribution in [2.45, 2.75) is 6.42 Å². The van der Waals surface area contributed by atoms with E-state index in [-0.39, 0.29) is 13.2 Å². The van der Waals surface area contributed by atoms with Crippen molar-refractivity contribution in [2.75, 3.05) is 13.9 Å². The largest absolute Gasteiger partial charge is 0.497 e. The molecule has 0 bridgehead atoms. The number of fused-ring (bicyclic) bond motifs is 1. The molecule has 0 saturated carbocycles. The molecule has 0 spiro atoms. The predicted octanol–water partition coefficient (Wildman–Crippen LogP) is 2.54. The van der Waals surface area contributed by atoms with E-state index in [0.29, 0.717) is 11.5 Å². The van der Waals surface area contributed by atoms with Gasteiger partial charge in [0.25, 0.3) is 0 Å². The Balaban J connectivity index is 1.53. The molecule has 23 heavy (non-hydrogen) atoms. The zero-order valence-electron chi connectivity index (χ0n) is 12.5. The average molecular weight is 313 g/mol. The summed E-state index contributed by atoms with van der Waals surface area (Å²) in [5.74, 6) is 1.65. The van der Waals surface area contributed by atoms with Gasteiger partial charge in [-0.3, -0.25) is 0 Å². The Hall–Kier alpha value is -3.02. The Bertz CT molecular complexity index is 724. The molecule has 2 aromatic carbocycles. The summed E-state index contributed by atoms with van der Waals surface area (Å²) in [7, 11) is 1.59. The molecular weight excluding hydrogens is 298 g/mol. The molecule has 6 heteroatoms. The number of carbonyl (C=O) groups excluding carboxylic acids is 1. The molecular formula is C17H15NO5. The van der Waals surface area contributed by atoms with E-state index in [0.717, 1.165) is 16.9 Å². The van der Waals surface area contributed by atoms with Crippen molar-refractivity contribution in [3.05, 3.63) is 53.6 Å². The Morgan fingerprint density at radius 3 is 2.74 bits per heavy atom. The first-order valence-corrected chi connectivity index (χ1v) is 7.00. The summed E-state index contributed by atoms with van der Waals surface area (Å²) in [6.45, 7) is 0.215. The minimum absolute atomic E-state index is 0.141. The van der Waals surface area contributed by atoms with Crippen molar-refractivity contribution in [2.24, 2.45) is 5.16 Å². The summed E-state index contributed by atoms with van der Waals surface area (Å²) in [6, 6.07) is 12.5. The lowest BCUT2D eigenvalue weighted by atomic mass is 10.1. The smallest absolute Gasteiger partial charge is 0.339 e. The number of benzene rings is 2. The number of methoxy groups -OCH3 is 1. The summed E-state index contributed by atoms with van der Waals surface area (Å²) in [5, 5.41) is 3.70. The minimum Gasteiger partial charge on any atom is -0.497 e. The molecule has 1 heterocycles. The Morgan fingerprint density at radius 1 is 1.17 bits per heavy atom. The van der Waals surface area contributed by atoms with Crippen LogP contribution in [-0.2, 0) is 16.1 Å². The Morgan fingerprint density at radius 2 is 1.96 bits per heavy atom. The monoisotopic (exact) mass is 313 g/mol. The van der Waals surface area contributed by atoms with Crippen molar-refractivity contribution in [3.63, 3.8) is 0 Å². The molecule has 0 atom stereocenters. The second-order valence-corrected chi connectivity index (χ2v) is 4.84. The summed E-state index contributed by atoms with van der Waals surface area (Å²) >= 11 is 0. The first-order valence-electron chi connectivity index (χ1n) is 7.00. The van der Waals surface area contributed by atoms with Gasteiger partial charge in [0.1, 0.15) is 5.75 Å². The van der Waals surface area contributed by atoms with E-state index in [4.69, 9.17) is 19.0 Å². The molecule has 0 radical (unpaired) electrons. The maximum Gasteiger partial charge on any atom is 0.339 e. The summed E-state index contributed by atoms with van der Waals surface area (Å²) in [6.07, 6.45) is 1.59. The normalized spacial score (nSPS) is 12.4. The average Bonchev–Trinajstić information content (AvgIpc) is 3.03. The van der Waals surface area contributed by atoms with E-state index in [9.17, 15) is 4.79 Å². The molecule has 0 saturated heterocycles. The quantitative estimate of drug-likeness (QED) is 0.482. The van der Waals surface area contributed by atoms with Gasteiger partial charge >= 0.3 is 5.97 Å². The third-order valence-corrected chi connectivity index (χ3v) is 3.26. The molecule has 118 valence electrons. The van der Waals surface area contributed by atoms with E-state index < -0.39 is 5.97 Å². The molecule has 1 aliphatic rings. The molecule has 6 nitrogen and oxygen atoms in total. The summed E-state index contributed by atoms with van der Waals surface area (Å²) < 4.78 is 15.5. The van der Waals surface area contributed by atoms with Gasteiger partial charge in [0.15, 0.2) is 11.5 Å². The Labute approximate surface area is 133 Å². The van der Waals surface area contributed by atoms with E-state index in [2.05, 4.69) is 5.16 Å². The van der Waals surface area contributed by atoms with Gasteiger partial charge < -0.3 is 19.0 Å². The fourth-order valence-corrected chi connectivity index (χ4v) is 2.08. The predicted molar refractivity (Wildman–Crippen MR) is 82.9 cm³/mol. The third-order valence-electron chi connectivity index (χ3n) is 3.26. The fraction of sp³-hybridized carbons (Fsp3) is 0.176. The van der Waals surface area contributed by atoms with Crippen molar-refractivity contribution in [1.82, 2.24) is 0 Å². The van der Waals surface area contributed by atoms with Crippen LogP contribution in [0, 0.1) is 0 Å². The van der Waals surface area contributed by atoms with Gasteiger partial charge in [0, 0.05) is 5.56 Å². The van der Waals surface area contributed by atoms with Crippen LogP contribution in [0.25, 0.3) is 0 Å². The summed E-state index contributed by atoms with van der Waals surface area (Å²) in [4.78, 5) is 16.6. The van der Waals surface area contributed by atoms with Crippen LogP contribution >= 0.6 is 0 Å². The maximum atomic E-state index is 11.7. The van der Waals surface area contributed by atoms with E-state index in [1.807, 2.05) is 12.1 Å². The lowest BCUT2D eigenvalue weighted by molar-refractivity contribution is -0.142. The van der Waals surface area contributed by atoms with Crippen LogP contribution in [0.4, 0.5) is 0 Å². The number of hydrogen-bond donors (Lipinski definition) is 0. The molecule has 2 aromatic rings. The van der Waals surface area contributed by atoms with E-state index in [1.165, 1.54) is 6.21 Å². The van der Waals surface area contributed by atoms with Gasteiger partial charge in [-0.15, -0.1) is 0 Å². The number of nitrogens with zero attached hydrogens (tertiary/aromatic N) is 1. The molecule has 3 rings (SSSR count). The van der Waals surface area contributed by atoms with Gasteiger partial charge in [-0.2, -0.15) is 0 Å². The van der Waals surface area contributed by atoms with Crippen LogP contribution in [0.15, 0.2) is 47.6 Å². The molecule has 0 N–H and O–H groups in total. The number of hydrogen-bond acceptors (Lipinski definition) is 6. The third kappa shape index (κ3) is 3.79. The first-order chi connectivity index (χ1) is 11.2. The van der Waals surface area contributed by atoms with Crippen LogP contribution in [0.2, 0.25) is 0 Å². The number of oxime groups is 1. The van der Waals surface area contributed by atoms with Crippen LogP contribution < -0.4 is 14.2 Å². The molecule has 0 aromatic heterocycles. The van der Waals surface area contributed by atoms with Crippen LogP contribution in [0.5, 0.6) is 17.2 Å². The number of ether oxygens (including phenoxy) is 3. The van der Waals surface area contributed by atoms with Crippen molar-refractivity contribution >= 4 is 12.2 Å². The molecule has 0 aliphatic carbocycles. The SMILES string of the molecule is COc1ccc(CC(=O)O/N=C/c2ccc3c(c2)OCO3)cc1. The van der Waals surface area contributed by atoms with E-state index in [1.54, 1.807) is 37.4 Å². The van der Waals surface area contributed by atoms with Crippen LogP contribution in [0.3, 0.4) is 0 Å². The standard InChI is InChI=1S/C17H15NO5/c1-20-14-5-2-12(3-6-14)9-17(19)23-18-10-13-4-7-15-16(8-13)22-11-21-15/h2-8,10H,9,11H2,1H3/b18-10+. The minimum atomic E-state index is -0.438. The van der Waals surface area contributed by atoms with Gasteiger partial charge in [-0.25, -0.2) is 4.79 Å². The molecule has 0 unspecified atom stereocenters. The molecule has 1 aliphatic heterocycles. The lowest BCUT2D eigenvalue weighted by Crippen LogP contribution is -2.04. The highest BCUT2D eigenvalue weighted by molar-refractivity contribution is 5.81. The van der Waals surface area contributed by atoms with Crippen molar-refractivity contribution < 1.29 is 23.8 Å². The highest BCUT2D eigenvalue weighted by atomic mass is 16.7. The van der Waals surface area contributed by atoms with Crippen LogP contribution in [-0.4, -0.2) is 26.1 Å². The van der Waals surface area contributed by atoms with Crippen LogP contribution in [0.1, 0.15) is 11.1 Å². The number of carbonyl (C=O) groups is 1. The topological polar surface area (TPSA) is 66.4 Å². The van der Waals surface area contributed by atoms with Gasteiger partial charge in [0.2, 0.25) is 6.79 Å². The lowest BCUT2D eigenvalue weighted by Gasteiger charge is -2.02. The second kappa shape index (κ2) is 6.83.